The van der Waals surface area contributed by atoms with Crippen LogP contribution in [-0.2, 0) is 57.6 Å². The number of pyridine rings is 1. The Hall–Kier alpha value is -5.49. The van der Waals surface area contributed by atoms with E-state index >= 15 is 17.6 Å². The molecule has 4 saturated heterocycles. The van der Waals surface area contributed by atoms with E-state index in [1.807, 2.05) is 18.7 Å². The highest BCUT2D eigenvalue weighted by Gasteiger charge is 2.55. The molecule has 0 unspecified atom stereocenters. The number of fused-ring (bicyclic) bond motifs is 6. The van der Waals surface area contributed by atoms with Crippen molar-refractivity contribution in [1.82, 2.24) is 40.1 Å². The summed E-state index contributed by atoms with van der Waals surface area (Å²) in [5.74, 6) is -4.60. The topological polar surface area (TPSA) is 181 Å². The predicted molar refractivity (Wildman–Crippen MR) is 272 cm³/mol. The number of hydrogen-bond acceptors (Lipinski definition) is 13. The third-order valence-corrected chi connectivity index (χ3v) is 16.4. The number of anilines is 1. The van der Waals surface area contributed by atoms with Gasteiger partial charge in [-0.05, 0) is 68.7 Å². The molecule has 4 amide bonds. The molecule has 9 rings (SSSR count). The number of thiazole rings is 1. The normalized spacial score (nSPS) is 23.8. The Morgan fingerprint density at radius 2 is 1.78 bits per heavy atom. The van der Waals surface area contributed by atoms with Crippen molar-refractivity contribution < 1.29 is 60.1 Å². The number of esters is 1. The number of morpholine rings is 1. The fraction of sp³-hybridized carbons (Fsp3) is 0.596. The lowest BCUT2D eigenvalue weighted by atomic mass is 9.84. The Morgan fingerprint density at radius 1 is 1.04 bits per heavy atom. The van der Waals surface area contributed by atoms with Crippen LogP contribution in [0.5, 0.6) is 0 Å². The molecule has 5 aliphatic heterocycles. The van der Waals surface area contributed by atoms with Crippen LogP contribution >= 0.6 is 22.9 Å². The molecule has 1 spiro atoms. The zero-order valence-electron chi connectivity index (χ0n) is 43.2. The van der Waals surface area contributed by atoms with Gasteiger partial charge in [0, 0.05) is 80.1 Å². The van der Waals surface area contributed by atoms with Crippen molar-refractivity contribution >= 4 is 69.1 Å². The number of nitrogens with zero attached hydrogens (tertiary/aromatic N) is 7. The molecule has 5 aliphatic rings. The Kier molecular flexibility index (Phi) is 15.8. The number of nitrogens with one attached hydrogen (secondary N) is 2. The number of carbonyl (C=O) groups is 5. The summed E-state index contributed by atoms with van der Waals surface area (Å²) in [5.41, 5.74) is 0.719. The van der Waals surface area contributed by atoms with Crippen LogP contribution in [0.15, 0.2) is 29.8 Å². The Morgan fingerprint density at radius 3 is 2.47 bits per heavy atom. The summed E-state index contributed by atoms with van der Waals surface area (Å²) < 4.78 is 94.3. The van der Waals surface area contributed by atoms with Crippen LogP contribution in [0.1, 0.15) is 82.7 Å². The average molecular weight is 1100 g/mol. The molecule has 412 valence electrons. The molecule has 6 atom stereocenters. The molecule has 1 aromatic carbocycles. The van der Waals surface area contributed by atoms with Crippen molar-refractivity contribution in [1.29, 1.82) is 0 Å². The lowest BCUT2D eigenvalue weighted by Gasteiger charge is -2.36. The first-order chi connectivity index (χ1) is 36.0. The molecular weight excluding hydrogens is 1040 g/mol. The molecule has 0 radical (unpaired) electrons. The summed E-state index contributed by atoms with van der Waals surface area (Å²) in [7, 11) is 1.48. The number of halogens is 6. The molecule has 17 nitrogen and oxygen atoms in total. The van der Waals surface area contributed by atoms with Gasteiger partial charge in [0.2, 0.25) is 11.8 Å². The first-order valence-electron chi connectivity index (χ1n) is 25.6. The molecule has 2 N–H and O–H groups in total. The van der Waals surface area contributed by atoms with Gasteiger partial charge in [-0.25, -0.2) is 19.2 Å². The Balaban J connectivity index is 1.13. The van der Waals surface area contributed by atoms with Gasteiger partial charge in [-0.3, -0.25) is 34.0 Å². The van der Waals surface area contributed by atoms with E-state index in [0.717, 1.165) is 22.0 Å². The van der Waals surface area contributed by atoms with Gasteiger partial charge in [0.25, 0.3) is 17.4 Å². The lowest BCUT2D eigenvalue weighted by molar-refractivity contribution is -0.155. The monoisotopic (exact) mass is 1100 g/mol. The third kappa shape index (κ3) is 11.1. The zero-order valence-corrected chi connectivity index (χ0v) is 44.8. The first-order valence-corrected chi connectivity index (χ1v) is 26.9. The van der Waals surface area contributed by atoms with E-state index in [2.05, 4.69) is 10.7 Å². The maximum absolute atomic E-state index is 17.0. The summed E-state index contributed by atoms with van der Waals surface area (Å²) in [6.07, 6.45) is -2.75. The molecule has 3 aromatic heterocycles. The second-order valence-corrected chi connectivity index (χ2v) is 23.0. The maximum atomic E-state index is 17.0. The van der Waals surface area contributed by atoms with Crippen LogP contribution in [0, 0.1) is 22.6 Å². The van der Waals surface area contributed by atoms with E-state index < -0.39 is 88.8 Å². The lowest BCUT2D eigenvalue weighted by Crippen LogP contribution is -2.62. The first kappa shape index (κ1) is 55.3. The van der Waals surface area contributed by atoms with Crippen LogP contribution in [0.2, 0.25) is 0 Å². The maximum Gasteiger partial charge on any atom is 0.406 e. The van der Waals surface area contributed by atoms with Crippen molar-refractivity contribution in [2.24, 2.45) is 16.7 Å². The summed E-state index contributed by atoms with van der Waals surface area (Å²) in [5, 5.41) is 6.32. The zero-order chi connectivity index (χ0) is 54.6. The molecule has 76 heavy (non-hydrogen) atoms. The van der Waals surface area contributed by atoms with E-state index in [1.165, 1.54) is 28.0 Å². The van der Waals surface area contributed by atoms with Crippen molar-refractivity contribution in [2.45, 2.75) is 116 Å². The quantitative estimate of drug-likeness (QED) is 0.0973. The second-order valence-electron chi connectivity index (χ2n) is 21.7. The fourth-order valence-corrected chi connectivity index (χ4v) is 12.4. The van der Waals surface area contributed by atoms with Gasteiger partial charge in [-0.1, -0.05) is 39.3 Å². The molecule has 8 heterocycles. The SMILES string of the molecule is CO[C@@H](C)c1ncc(N2CCOCC2)cc1-c1c2c3cc(c(F)cc3n1CC(F)(F)F)-c1csc(n1)C[C@H](NC(=O)[C@H](C(C)C)N1CC[C@]3(CCN(C(=O)[C@H](F)Cl)C3)C1=O)C(=O)N1CCC[C@H](N1)C(=O)OCC(C)(C)C2. The van der Waals surface area contributed by atoms with Gasteiger partial charge in [0.05, 0.1) is 70.8 Å². The average Bonchev–Trinajstić information content (AvgIpc) is 4.18. The second kappa shape index (κ2) is 21.7. The van der Waals surface area contributed by atoms with Crippen molar-refractivity contribution in [2.75, 3.05) is 71.1 Å². The Bertz CT molecular complexity index is 2890. The van der Waals surface area contributed by atoms with Gasteiger partial charge in [-0.2, -0.15) is 13.2 Å². The summed E-state index contributed by atoms with van der Waals surface area (Å²) in [6, 6.07) is 0.938. The molecule has 0 saturated carbocycles. The number of rotatable bonds is 10. The van der Waals surface area contributed by atoms with E-state index in [4.69, 9.17) is 35.8 Å². The van der Waals surface area contributed by atoms with Crippen LogP contribution in [0.25, 0.3) is 33.4 Å². The van der Waals surface area contributed by atoms with Gasteiger partial charge in [0.15, 0.2) is 0 Å². The number of likely N-dealkylation sites (tertiary alicyclic amines) is 2. The number of alkyl halides is 5. The molecule has 4 aromatic rings. The van der Waals surface area contributed by atoms with E-state index in [0.29, 0.717) is 78.5 Å². The number of cyclic esters (lactones) is 1. The van der Waals surface area contributed by atoms with Gasteiger partial charge >= 0.3 is 12.1 Å². The largest absolute Gasteiger partial charge is 0.464 e. The van der Waals surface area contributed by atoms with Crippen molar-refractivity contribution in [3.63, 3.8) is 0 Å². The standard InChI is InChI=1S/C52H63ClF5N9O8S/c1-28(2)42(65-13-10-51(49(65)72)9-12-64(25-51)47(70)44(53)55)45(68)61-37-21-40-60-38(24-76-40)32-19-31-34(22-50(4,5)27-75-48(71)36-8-7-11-67(62-36)46(37)69)43(66(26-52(56,57)58)39(31)20-35(32)54)33-18-30(63-14-16-74-17-15-63)23-59-41(33)29(3)73-6/h18-20,23-24,28-29,36-37,42,44,62H,7-17,21-22,25-27H2,1-6H3,(H,61,68)/t29-,36-,37-,42-,44-,51-/m0/s1. The number of benzene rings is 1. The highest BCUT2D eigenvalue weighted by atomic mass is 35.5. The molecule has 24 heteroatoms. The minimum Gasteiger partial charge on any atom is -0.464 e. The molecule has 6 bridgehead atoms. The van der Waals surface area contributed by atoms with E-state index in [9.17, 15) is 28.4 Å². The fourth-order valence-electron chi connectivity index (χ4n) is 11.4. The number of ether oxygens (including phenoxy) is 3. The summed E-state index contributed by atoms with van der Waals surface area (Å²) in [6.45, 7) is 9.46. The molecule has 0 aliphatic carbocycles. The number of carbonyl (C=O) groups excluding carboxylic acids is 5. The predicted octanol–water partition coefficient (Wildman–Crippen LogP) is 6.73. The van der Waals surface area contributed by atoms with Crippen molar-refractivity contribution in [3.05, 3.63) is 51.9 Å². The number of aromatic nitrogens is 3. The minimum atomic E-state index is -4.77. The van der Waals surface area contributed by atoms with Crippen LogP contribution in [-0.4, -0.2) is 155 Å². The highest BCUT2D eigenvalue weighted by Crippen LogP contribution is 2.46. The van der Waals surface area contributed by atoms with Gasteiger partial charge in [0.1, 0.15) is 30.5 Å². The van der Waals surface area contributed by atoms with Crippen LogP contribution < -0.4 is 15.6 Å². The van der Waals surface area contributed by atoms with E-state index in [-0.39, 0.29) is 80.4 Å². The van der Waals surface area contributed by atoms with Crippen LogP contribution in [0.4, 0.5) is 27.6 Å². The van der Waals surface area contributed by atoms with Crippen molar-refractivity contribution in [3.8, 4) is 22.5 Å². The number of hydrogen-bond donors (Lipinski definition) is 2. The summed E-state index contributed by atoms with van der Waals surface area (Å²) >= 11 is 6.55. The molecule has 4 fully saturated rings. The minimum absolute atomic E-state index is 0.0305. The smallest absolute Gasteiger partial charge is 0.406 e. The van der Waals surface area contributed by atoms with Crippen LogP contribution in [0.3, 0.4) is 0 Å². The number of methoxy groups -OCH3 is 1. The third-order valence-electron chi connectivity index (χ3n) is 15.3. The summed E-state index contributed by atoms with van der Waals surface area (Å²) in [4.78, 5) is 84.5. The Labute approximate surface area is 445 Å². The van der Waals surface area contributed by atoms with Gasteiger partial charge < -0.3 is 38.8 Å². The number of amides is 4. The highest BCUT2D eigenvalue weighted by molar-refractivity contribution is 7.10. The van der Waals surface area contributed by atoms with E-state index in [1.54, 1.807) is 38.4 Å². The molecular formula is C52H63ClF5N9O8S. The van der Waals surface area contributed by atoms with Gasteiger partial charge in [-0.15, -0.1) is 11.3 Å². The number of hydrazine groups is 1.